The summed E-state index contributed by atoms with van der Waals surface area (Å²) in [7, 11) is 1.88. The lowest BCUT2D eigenvalue weighted by molar-refractivity contribution is -0.134. The van der Waals surface area contributed by atoms with E-state index in [4.69, 9.17) is 10.5 Å². The fraction of sp³-hybridized carbons (Fsp3) is 0.533. The molecular weight excluding hydrogens is 240 g/mol. The van der Waals surface area contributed by atoms with Crippen LogP contribution < -0.4 is 10.5 Å². The zero-order valence-corrected chi connectivity index (χ0v) is 11.5. The van der Waals surface area contributed by atoms with Crippen molar-refractivity contribution in [1.82, 2.24) is 4.90 Å². The van der Waals surface area contributed by atoms with Crippen LogP contribution in [0.2, 0.25) is 0 Å². The van der Waals surface area contributed by atoms with Gasteiger partial charge in [0.25, 0.3) is 5.91 Å². The van der Waals surface area contributed by atoms with Gasteiger partial charge < -0.3 is 15.4 Å². The van der Waals surface area contributed by atoms with Gasteiger partial charge in [-0.25, -0.2) is 0 Å². The van der Waals surface area contributed by atoms with Crippen molar-refractivity contribution in [3.63, 3.8) is 0 Å². The molecule has 1 aromatic carbocycles. The fourth-order valence-corrected chi connectivity index (χ4v) is 2.52. The van der Waals surface area contributed by atoms with Crippen LogP contribution >= 0.6 is 0 Å². The van der Waals surface area contributed by atoms with Crippen LogP contribution in [0.3, 0.4) is 0 Å². The van der Waals surface area contributed by atoms with E-state index >= 15 is 0 Å². The van der Waals surface area contributed by atoms with E-state index in [1.54, 1.807) is 12.1 Å². The van der Waals surface area contributed by atoms with E-state index in [-0.39, 0.29) is 12.5 Å². The number of nitrogen functional groups attached to an aromatic ring is 1. The van der Waals surface area contributed by atoms with Crippen molar-refractivity contribution in [3.8, 4) is 5.75 Å². The Morgan fingerprint density at radius 3 is 2.79 bits per heavy atom. The molecule has 1 saturated carbocycles. The molecule has 1 aliphatic carbocycles. The number of ether oxygens (including phenoxy) is 1. The number of rotatable bonds is 4. The van der Waals surface area contributed by atoms with Crippen molar-refractivity contribution in [1.29, 1.82) is 0 Å². The number of amides is 1. The van der Waals surface area contributed by atoms with Crippen LogP contribution in [0.25, 0.3) is 0 Å². The van der Waals surface area contributed by atoms with Crippen molar-refractivity contribution in [2.75, 3.05) is 19.4 Å². The number of carbonyl (C=O) groups is 1. The first kappa shape index (κ1) is 13.7. The highest BCUT2D eigenvalue weighted by atomic mass is 16.5. The Labute approximate surface area is 114 Å². The van der Waals surface area contributed by atoms with E-state index < -0.39 is 0 Å². The van der Waals surface area contributed by atoms with E-state index in [9.17, 15) is 4.79 Å². The van der Waals surface area contributed by atoms with E-state index in [0.717, 1.165) is 12.8 Å². The third-order valence-corrected chi connectivity index (χ3v) is 3.74. The number of nitrogens with two attached hydrogens (primary N) is 1. The normalized spacial score (nSPS) is 16.1. The van der Waals surface area contributed by atoms with Crippen LogP contribution in [0.15, 0.2) is 24.3 Å². The van der Waals surface area contributed by atoms with Crippen LogP contribution in [0.4, 0.5) is 5.69 Å². The first-order chi connectivity index (χ1) is 9.16. The highest BCUT2D eigenvalue weighted by Crippen LogP contribution is 2.22. The van der Waals surface area contributed by atoms with Crippen LogP contribution in [0, 0.1) is 0 Å². The molecule has 0 unspecified atom stereocenters. The Morgan fingerprint density at radius 1 is 1.37 bits per heavy atom. The van der Waals surface area contributed by atoms with Gasteiger partial charge in [-0.1, -0.05) is 25.3 Å². The molecule has 2 rings (SSSR count). The second kappa shape index (κ2) is 6.45. The Bertz CT molecular complexity index is 428. The molecular formula is C15H22N2O2. The number of likely N-dealkylation sites (N-methyl/N-ethyl adjacent to an activating group) is 1. The molecule has 0 radical (unpaired) electrons. The summed E-state index contributed by atoms with van der Waals surface area (Å²) in [4.78, 5) is 13.9. The van der Waals surface area contributed by atoms with Crippen molar-refractivity contribution in [2.24, 2.45) is 0 Å². The van der Waals surface area contributed by atoms with Crippen LogP contribution in [-0.4, -0.2) is 30.5 Å². The molecule has 1 aliphatic rings. The Morgan fingerprint density at radius 2 is 2.11 bits per heavy atom. The molecule has 19 heavy (non-hydrogen) atoms. The van der Waals surface area contributed by atoms with E-state index in [2.05, 4.69) is 0 Å². The molecule has 0 atom stereocenters. The van der Waals surface area contributed by atoms with Gasteiger partial charge in [0.1, 0.15) is 5.75 Å². The van der Waals surface area contributed by atoms with Gasteiger partial charge in [0.05, 0.1) is 0 Å². The zero-order chi connectivity index (χ0) is 13.7. The molecule has 0 heterocycles. The molecule has 4 nitrogen and oxygen atoms in total. The largest absolute Gasteiger partial charge is 0.484 e. The maximum Gasteiger partial charge on any atom is 0.260 e. The predicted octanol–water partition coefficient (Wildman–Crippen LogP) is 2.44. The average molecular weight is 262 g/mol. The Hall–Kier alpha value is -1.71. The highest BCUT2D eigenvalue weighted by Gasteiger charge is 2.22. The SMILES string of the molecule is CN(C(=O)COc1cccc(N)c1)C1CCCCC1. The summed E-state index contributed by atoms with van der Waals surface area (Å²) >= 11 is 0. The van der Waals surface area contributed by atoms with Gasteiger partial charge in [0.2, 0.25) is 0 Å². The van der Waals surface area contributed by atoms with Gasteiger partial charge in [-0.15, -0.1) is 0 Å². The maximum atomic E-state index is 12.1. The standard InChI is InChI=1S/C15H22N2O2/c1-17(13-7-3-2-4-8-13)15(18)11-19-14-9-5-6-12(16)10-14/h5-6,9-10,13H,2-4,7-8,11,16H2,1H3. The minimum Gasteiger partial charge on any atom is -0.484 e. The molecule has 1 fully saturated rings. The Kier molecular flexibility index (Phi) is 4.66. The lowest BCUT2D eigenvalue weighted by atomic mass is 9.94. The molecule has 104 valence electrons. The third kappa shape index (κ3) is 3.88. The first-order valence-electron chi connectivity index (χ1n) is 6.91. The third-order valence-electron chi connectivity index (χ3n) is 3.74. The van der Waals surface area contributed by atoms with Gasteiger partial charge in [0, 0.05) is 24.8 Å². The fourth-order valence-electron chi connectivity index (χ4n) is 2.52. The summed E-state index contributed by atoms with van der Waals surface area (Å²) in [5.74, 6) is 0.680. The number of anilines is 1. The van der Waals surface area contributed by atoms with Gasteiger partial charge in [0.15, 0.2) is 6.61 Å². The Balaban J connectivity index is 1.83. The highest BCUT2D eigenvalue weighted by molar-refractivity contribution is 5.77. The molecule has 0 aromatic heterocycles. The minimum absolute atomic E-state index is 0.0364. The lowest BCUT2D eigenvalue weighted by Gasteiger charge is -2.31. The maximum absolute atomic E-state index is 12.1. The van der Waals surface area contributed by atoms with Gasteiger partial charge in [-0.2, -0.15) is 0 Å². The smallest absolute Gasteiger partial charge is 0.260 e. The van der Waals surface area contributed by atoms with Crippen molar-refractivity contribution < 1.29 is 9.53 Å². The zero-order valence-electron chi connectivity index (χ0n) is 11.5. The quantitative estimate of drug-likeness (QED) is 0.848. The summed E-state index contributed by atoms with van der Waals surface area (Å²) in [5.41, 5.74) is 6.31. The molecule has 0 saturated heterocycles. The van der Waals surface area contributed by atoms with Crippen LogP contribution in [0.1, 0.15) is 32.1 Å². The number of benzene rings is 1. The average Bonchev–Trinajstić information content (AvgIpc) is 2.45. The summed E-state index contributed by atoms with van der Waals surface area (Å²) in [6, 6.07) is 7.53. The number of nitrogens with zero attached hydrogens (tertiary/aromatic N) is 1. The molecule has 4 heteroatoms. The monoisotopic (exact) mass is 262 g/mol. The van der Waals surface area contributed by atoms with Crippen molar-refractivity contribution >= 4 is 11.6 Å². The summed E-state index contributed by atoms with van der Waals surface area (Å²) in [6.07, 6.45) is 5.95. The molecule has 1 amide bonds. The number of hydrogen-bond acceptors (Lipinski definition) is 3. The summed E-state index contributed by atoms with van der Waals surface area (Å²) in [6.45, 7) is 0.0798. The summed E-state index contributed by atoms with van der Waals surface area (Å²) < 4.78 is 5.49. The van der Waals surface area contributed by atoms with E-state index in [1.807, 2.05) is 24.1 Å². The number of hydrogen-bond donors (Lipinski definition) is 1. The first-order valence-corrected chi connectivity index (χ1v) is 6.91. The van der Waals surface area contributed by atoms with Crippen molar-refractivity contribution in [2.45, 2.75) is 38.1 Å². The van der Waals surface area contributed by atoms with Crippen LogP contribution in [0.5, 0.6) is 5.75 Å². The van der Waals surface area contributed by atoms with E-state index in [1.165, 1.54) is 19.3 Å². The molecule has 1 aromatic rings. The molecule has 0 bridgehead atoms. The summed E-state index contributed by atoms with van der Waals surface area (Å²) in [5, 5.41) is 0. The van der Waals surface area contributed by atoms with Gasteiger partial charge >= 0.3 is 0 Å². The molecule has 2 N–H and O–H groups in total. The van der Waals surface area contributed by atoms with Crippen molar-refractivity contribution in [3.05, 3.63) is 24.3 Å². The lowest BCUT2D eigenvalue weighted by Crippen LogP contribution is -2.40. The second-order valence-corrected chi connectivity index (χ2v) is 5.16. The predicted molar refractivity (Wildman–Crippen MR) is 76.0 cm³/mol. The molecule has 0 spiro atoms. The topological polar surface area (TPSA) is 55.6 Å². The second-order valence-electron chi connectivity index (χ2n) is 5.16. The van der Waals surface area contributed by atoms with E-state index in [0.29, 0.717) is 17.5 Å². The molecule has 0 aliphatic heterocycles. The minimum atomic E-state index is 0.0364. The van der Waals surface area contributed by atoms with Gasteiger partial charge in [-0.3, -0.25) is 4.79 Å². The van der Waals surface area contributed by atoms with Gasteiger partial charge in [-0.05, 0) is 25.0 Å². The number of carbonyl (C=O) groups excluding carboxylic acids is 1. The van der Waals surface area contributed by atoms with Crippen LogP contribution in [-0.2, 0) is 4.79 Å².